The smallest absolute Gasteiger partial charge is 0.0897 e. The van der Waals surface area contributed by atoms with Gasteiger partial charge in [-0.15, -0.1) is 22.9 Å². The van der Waals surface area contributed by atoms with Crippen LogP contribution in [0.3, 0.4) is 0 Å². The van der Waals surface area contributed by atoms with Crippen molar-refractivity contribution in [1.29, 1.82) is 0 Å². The number of halogens is 1. The summed E-state index contributed by atoms with van der Waals surface area (Å²) >= 11 is 7.07. The van der Waals surface area contributed by atoms with Crippen molar-refractivity contribution < 1.29 is 0 Å². The first-order chi connectivity index (χ1) is 6.20. The van der Waals surface area contributed by atoms with Crippen LogP contribution < -0.4 is 0 Å². The Morgan fingerprint density at radius 1 is 1.38 bits per heavy atom. The third-order valence-electron chi connectivity index (χ3n) is 1.47. The second-order valence-corrected chi connectivity index (χ2v) is 4.34. The van der Waals surface area contributed by atoms with Crippen LogP contribution in [0, 0.1) is 13.8 Å². The molecular weight excluding hydrogens is 202 g/mol. The zero-order valence-corrected chi connectivity index (χ0v) is 10.2. The minimum absolute atomic E-state index is 0.827. The molecule has 0 bridgehead atoms. The van der Waals surface area contributed by atoms with E-state index >= 15 is 0 Å². The topological polar surface area (TPSA) is 12.9 Å². The highest BCUT2D eigenvalue weighted by atomic mass is 35.5. The van der Waals surface area contributed by atoms with Gasteiger partial charge in [0.1, 0.15) is 0 Å². The Kier molecular flexibility index (Phi) is 8.46. The fraction of sp³-hybridized carbons (Fsp3) is 0.700. The van der Waals surface area contributed by atoms with E-state index in [1.165, 1.54) is 19.3 Å². The van der Waals surface area contributed by atoms with Gasteiger partial charge in [-0.1, -0.05) is 19.8 Å². The van der Waals surface area contributed by atoms with E-state index in [9.17, 15) is 0 Å². The Morgan fingerprint density at radius 3 is 2.23 bits per heavy atom. The molecule has 0 atom stereocenters. The van der Waals surface area contributed by atoms with Crippen molar-refractivity contribution in [3.8, 4) is 0 Å². The predicted molar refractivity (Wildman–Crippen MR) is 61.8 cm³/mol. The lowest BCUT2D eigenvalue weighted by atomic mass is 10.3. The first kappa shape index (κ1) is 12.9. The first-order valence-corrected chi connectivity index (χ1v) is 6.06. The Balaban J connectivity index is 0.000000226. The Hall–Kier alpha value is -0.0800. The second kappa shape index (κ2) is 8.52. The molecule has 1 aromatic rings. The molecule has 0 amide bonds. The van der Waals surface area contributed by atoms with Gasteiger partial charge in [0, 0.05) is 17.0 Å². The molecule has 0 aromatic carbocycles. The van der Waals surface area contributed by atoms with Crippen LogP contribution in [0.5, 0.6) is 0 Å². The third-order valence-corrected chi connectivity index (χ3v) is 2.63. The lowest BCUT2D eigenvalue weighted by molar-refractivity contribution is 0.776. The van der Waals surface area contributed by atoms with Gasteiger partial charge < -0.3 is 0 Å². The van der Waals surface area contributed by atoms with Gasteiger partial charge in [0.2, 0.25) is 0 Å². The van der Waals surface area contributed by atoms with Gasteiger partial charge in [0.15, 0.2) is 0 Å². The summed E-state index contributed by atoms with van der Waals surface area (Å²) in [5, 5.41) is 3.20. The zero-order chi connectivity index (χ0) is 10.1. The molecule has 76 valence electrons. The molecule has 0 aliphatic carbocycles. The first-order valence-electron chi connectivity index (χ1n) is 4.65. The summed E-state index contributed by atoms with van der Waals surface area (Å²) in [5.74, 6) is 0.827. The molecule has 0 radical (unpaired) electrons. The lowest BCUT2D eigenvalue weighted by Gasteiger charge is -1.84. The fourth-order valence-corrected chi connectivity index (χ4v) is 1.60. The summed E-state index contributed by atoms with van der Waals surface area (Å²) in [6.45, 7) is 6.19. The Labute approximate surface area is 90.2 Å². The average Bonchev–Trinajstić information content (AvgIpc) is 2.47. The van der Waals surface area contributed by atoms with E-state index in [0.29, 0.717) is 0 Å². The number of hydrogen-bond acceptors (Lipinski definition) is 2. The molecule has 0 saturated heterocycles. The van der Waals surface area contributed by atoms with Crippen LogP contribution in [0.25, 0.3) is 0 Å². The van der Waals surface area contributed by atoms with Crippen molar-refractivity contribution >= 4 is 22.9 Å². The molecule has 0 unspecified atom stereocenters. The molecular formula is C10H18ClNS. The van der Waals surface area contributed by atoms with Crippen molar-refractivity contribution in [3.63, 3.8) is 0 Å². The van der Waals surface area contributed by atoms with Crippen LogP contribution >= 0.6 is 22.9 Å². The van der Waals surface area contributed by atoms with Crippen LogP contribution in [0.4, 0.5) is 0 Å². The molecule has 0 aliphatic rings. The van der Waals surface area contributed by atoms with Crippen molar-refractivity contribution in [2.75, 3.05) is 5.88 Å². The monoisotopic (exact) mass is 219 g/mol. The van der Waals surface area contributed by atoms with Crippen molar-refractivity contribution in [1.82, 2.24) is 4.98 Å². The maximum Gasteiger partial charge on any atom is 0.0897 e. The van der Waals surface area contributed by atoms with E-state index in [1.807, 2.05) is 13.8 Å². The van der Waals surface area contributed by atoms with Crippen LogP contribution in [-0.2, 0) is 0 Å². The molecule has 13 heavy (non-hydrogen) atoms. The summed E-state index contributed by atoms with van der Waals surface area (Å²) in [6.07, 6.45) is 3.73. The molecule has 3 heteroatoms. The Bertz CT molecular complexity index is 190. The van der Waals surface area contributed by atoms with Gasteiger partial charge in [0.05, 0.1) is 5.01 Å². The summed E-state index contributed by atoms with van der Waals surface area (Å²) in [7, 11) is 0. The van der Waals surface area contributed by atoms with E-state index in [0.717, 1.165) is 16.6 Å². The number of rotatable bonds is 3. The molecule has 0 N–H and O–H groups in total. The number of aromatic nitrogens is 1. The maximum atomic E-state index is 5.38. The number of hydrogen-bond donors (Lipinski definition) is 0. The normalized spacial score (nSPS) is 9.23. The Morgan fingerprint density at radius 2 is 2.08 bits per heavy atom. The van der Waals surface area contributed by atoms with E-state index in [-0.39, 0.29) is 0 Å². The quantitative estimate of drug-likeness (QED) is 0.549. The number of nitrogens with zero attached hydrogens (tertiary/aromatic N) is 1. The average molecular weight is 220 g/mol. The van der Waals surface area contributed by atoms with Gasteiger partial charge in [-0.25, -0.2) is 4.98 Å². The van der Waals surface area contributed by atoms with E-state index < -0.39 is 0 Å². The summed E-state index contributed by atoms with van der Waals surface area (Å²) in [6, 6.07) is 0. The van der Waals surface area contributed by atoms with E-state index in [1.54, 1.807) is 11.3 Å². The highest BCUT2D eigenvalue weighted by Crippen LogP contribution is 2.04. The fourth-order valence-electron chi connectivity index (χ4n) is 0.816. The number of alkyl halides is 1. The standard InChI is InChI=1S/C5H11Cl.C5H7NS/c1-2-3-4-5-6;1-4-3-7-5(2)6-4/h2-5H2,1H3;3H,1-2H3. The number of aryl methyl sites for hydroxylation is 2. The van der Waals surface area contributed by atoms with Gasteiger partial charge >= 0.3 is 0 Å². The molecule has 0 aliphatic heterocycles. The van der Waals surface area contributed by atoms with Gasteiger partial charge in [-0.2, -0.15) is 0 Å². The second-order valence-electron chi connectivity index (χ2n) is 2.90. The molecule has 1 rings (SSSR count). The largest absolute Gasteiger partial charge is 0.247 e. The van der Waals surface area contributed by atoms with E-state index in [4.69, 9.17) is 11.6 Å². The predicted octanol–water partition coefficient (Wildman–Crippen LogP) is 4.18. The van der Waals surface area contributed by atoms with Crippen molar-refractivity contribution in [2.24, 2.45) is 0 Å². The van der Waals surface area contributed by atoms with Gasteiger partial charge in [0.25, 0.3) is 0 Å². The minimum Gasteiger partial charge on any atom is -0.247 e. The molecule has 0 saturated carbocycles. The van der Waals surface area contributed by atoms with E-state index in [2.05, 4.69) is 17.3 Å². The number of thiazole rings is 1. The van der Waals surface area contributed by atoms with Gasteiger partial charge in [-0.3, -0.25) is 0 Å². The molecule has 1 heterocycles. The van der Waals surface area contributed by atoms with Crippen molar-refractivity contribution in [3.05, 3.63) is 16.1 Å². The van der Waals surface area contributed by atoms with Crippen molar-refractivity contribution in [2.45, 2.75) is 40.0 Å². The SMILES string of the molecule is CCCCCCl.Cc1csc(C)n1. The summed E-state index contributed by atoms with van der Waals surface area (Å²) < 4.78 is 0. The number of unbranched alkanes of at least 4 members (excludes halogenated alkanes) is 2. The maximum absolute atomic E-state index is 5.38. The minimum atomic E-state index is 0.827. The zero-order valence-electron chi connectivity index (χ0n) is 8.64. The lowest BCUT2D eigenvalue weighted by Crippen LogP contribution is -1.70. The molecule has 1 aromatic heterocycles. The third kappa shape index (κ3) is 8.26. The van der Waals surface area contributed by atoms with Crippen LogP contribution in [0.1, 0.15) is 36.9 Å². The molecule has 1 nitrogen and oxygen atoms in total. The highest BCUT2D eigenvalue weighted by Gasteiger charge is 1.86. The molecule has 0 spiro atoms. The highest BCUT2D eigenvalue weighted by molar-refractivity contribution is 7.09. The van der Waals surface area contributed by atoms with Crippen LogP contribution in [0.2, 0.25) is 0 Å². The summed E-state index contributed by atoms with van der Waals surface area (Å²) in [5.41, 5.74) is 1.13. The van der Waals surface area contributed by atoms with Crippen LogP contribution in [-0.4, -0.2) is 10.9 Å². The van der Waals surface area contributed by atoms with Crippen LogP contribution in [0.15, 0.2) is 5.38 Å². The van der Waals surface area contributed by atoms with Gasteiger partial charge in [-0.05, 0) is 20.3 Å². The summed E-state index contributed by atoms with van der Waals surface area (Å²) in [4.78, 5) is 4.13. The molecule has 0 fully saturated rings.